The third-order valence-corrected chi connectivity index (χ3v) is 3.72. The molecule has 10 heteroatoms. The second-order valence-corrected chi connectivity index (χ2v) is 5.89. The molecule has 2 aromatic rings. The Balaban J connectivity index is 2.04. The van der Waals surface area contributed by atoms with E-state index in [4.69, 9.17) is 26.4 Å². The molecule has 1 atom stereocenters. The SMILES string of the molecule is CCOC(=O)C(CCCN=C(N)N)NC(=O)c1coc(-c2ccc(N)cc2)n1. The molecule has 0 fully saturated rings. The van der Waals surface area contributed by atoms with Gasteiger partial charge < -0.3 is 31.7 Å². The molecule has 1 aromatic carbocycles. The Bertz CT molecular complexity index is 827. The Morgan fingerprint density at radius 3 is 2.64 bits per heavy atom. The van der Waals surface area contributed by atoms with Crippen LogP contribution < -0.4 is 22.5 Å². The number of ether oxygens (including phenoxy) is 1. The number of carbonyl (C=O) groups excluding carboxylic acids is 2. The summed E-state index contributed by atoms with van der Waals surface area (Å²) in [6, 6.07) is 6.01. The van der Waals surface area contributed by atoms with Crippen molar-refractivity contribution < 1.29 is 18.7 Å². The molecule has 7 N–H and O–H groups in total. The summed E-state index contributed by atoms with van der Waals surface area (Å²) in [6.45, 7) is 2.22. The van der Waals surface area contributed by atoms with Crippen molar-refractivity contribution in [1.29, 1.82) is 0 Å². The molecule has 150 valence electrons. The minimum Gasteiger partial charge on any atom is -0.464 e. The minimum absolute atomic E-state index is 0.0329. The van der Waals surface area contributed by atoms with E-state index < -0.39 is 17.9 Å². The van der Waals surface area contributed by atoms with Gasteiger partial charge in [0.2, 0.25) is 5.89 Å². The molecule has 1 unspecified atom stereocenters. The van der Waals surface area contributed by atoms with Crippen LogP contribution in [0.25, 0.3) is 11.5 Å². The topological polar surface area (TPSA) is 172 Å². The quantitative estimate of drug-likeness (QED) is 0.159. The molecular formula is C18H24N6O4. The van der Waals surface area contributed by atoms with Crippen molar-refractivity contribution in [2.45, 2.75) is 25.8 Å². The van der Waals surface area contributed by atoms with Gasteiger partial charge in [-0.2, -0.15) is 0 Å². The largest absolute Gasteiger partial charge is 0.464 e. The number of nitrogens with two attached hydrogens (primary N) is 3. The lowest BCUT2D eigenvalue weighted by atomic mass is 10.1. The highest BCUT2D eigenvalue weighted by atomic mass is 16.5. The molecule has 0 bridgehead atoms. The predicted octanol–water partition coefficient (Wildman–Crippen LogP) is 0.639. The van der Waals surface area contributed by atoms with Gasteiger partial charge in [-0.15, -0.1) is 0 Å². The zero-order valence-electron chi connectivity index (χ0n) is 15.6. The van der Waals surface area contributed by atoms with Gasteiger partial charge in [0.05, 0.1) is 6.61 Å². The molecule has 0 aliphatic rings. The maximum absolute atomic E-state index is 12.5. The third-order valence-electron chi connectivity index (χ3n) is 3.72. The summed E-state index contributed by atoms with van der Waals surface area (Å²) >= 11 is 0. The van der Waals surface area contributed by atoms with Crippen LogP contribution in [0, 0.1) is 0 Å². The van der Waals surface area contributed by atoms with Crippen molar-refractivity contribution in [3.63, 3.8) is 0 Å². The van der Waals surface area contributed by atoms with Crippen LogP contribution in [0.1, 0.15) is 30.3 Å². The normalized spacial score (nSPS) is 11.5. The van der Waals surface area contributed by atoms with E-state index in [1.54, 1.807) is 31.2 Å². The Morgan fingerprint density at radius 1 is 1.29 bits per heavy atom. The number of amides is 1. The second-order valence-electron chi connectivity index (χ2n) is 5.89. The zero-order chi connectivity index (χ0) is 20.5. The first-order chi connectivity index (χ1) is 13.4. The van der Waals surface area contributed by atoms with Crippen molar-refractivity contribution in [2.24, 2.45) is 16.5 Å². The van der Waals surface area contributed by atoms with Gasteiger partial charge in [0, 0.05) is 17.8 Å². The number of nitrogen functional groups attached to an aromatic ring is 1. The Kier molecular flexibility index (Phi) is 7.37. The minimum atomic E-state index is -0.849. The number of anilines is 1. The highest BCUT2D eigenvalue weighted by molar-refractivity contribution is 5.95. The number of hydrogen-bond donors (Lipinski definition) is 4. The highest BCUT2D eigenvalue weighted by Gasteiger charge is 2.24. The first kappa shape index (κ1) is 20.7. The van der Waals surface area contributed by atoms with Gasteiger partial charge in [-0.05, 0) is 44.0 Å². The lowest BCUT2D eigenvalue weighted by Gasteiger charge is -2.16. The number of hydrogen-bond acceptors (Lipinski definition) is 7. The summed E-state index contributed by atoms with van der Waals surface area (Å²) in [7, 11) is 0. The average Bonchev–Trinajstić information content (AvgIpc) is 3.15. The Hall–Kier alpha value is -3.56. The molecule has 0 radical (unpaired) electrons. The van der Waals surface area contributed by atoms with E-state index in [1.807, 2.05) is 0 Å². The smallest absolute Gasteiger partial charge is 0.328 e. The fraction of sp³-hybridized carbons (Fsp3) is 0.333. The number of carbonyl (C=O) groups is 2. The summed E-state index contributed by atoms with van der Waals surface area (Å²) in [5.41, 5.74) is 17.5. The zero-order valence-corrected chi connectivity index (χ0v) is 15.6. The molecule has 1 amide bonds. The van der Waals surface area contributed by atoms with Crippen molar-refractivity contribution in [2.75, 3.05) is 18.9 Å². The molecule has 0 aliphatic carbocycles. The number of oxazole rings is 1. The van der Waals surface area contributed by atoms with Crippen LogP contribution in [0.2, 0.25) is 0 Å². The second kappa shape index (κ2) is 9.95. The number of aliphatic imine (C=N–C) groups is 1. The van der Waals surface area contributed by atoms with Crippen LogP contribution in [0.4, 0.5) is 5.69 Å². The standard InChI is InChI=1S/C18H24N6O4/c1-2-27-17(26)13(4-3-9-22-18(20)21)23-15(25)14-10-28-16(24-14)11-5-7-12(19)8-6-11/h5-8,10,13H,2-4,9,19H2,1H3,(H,23,25)(H4,20,21,22). The van der Waals surface area contributed by atoms with Crippen LogP contribution in [0.3, 0.4) is 0 Å². The van der Waals surface area contributed by atoms with Gasteiger partial charge in [-0.3, -0.25) is 9.79 Å². The van der Waals surface area contributed by atoms with E-state index in [0.29, 0.717) is 30.6 Å². The molecular weight excluding hydrogens is 364 g/mol. The monoisotopic (exact) mass is 388 g/mol. The summed E-state index contributed by atoms with van der Waals surface area (Å²) < 4.78 is 10.4. The third kappa shape index (κ3) is 6.01. The van der Waals surface area contributed by atoms with Gasteiger partial charge in [0.1, 0.15) is 12.3 Å². The van der Waals surface area contributed by atoms with Gasteiger partial charge in [-0.25, -0.2) is 9.78 Å². The molecule has 0 spiro atoms. The van der Waals surface area contributed by atoms with Crippen molar-refractivity contribution in [1.82, 2.24) is 10.3 Å². The van der Waals surface area contributed by atoms with Crippen molar-refractivity contribution in [3.8, 4) is 11.5 Å². The van der Waals surface area contributed by atoms with E-state index >= 15 is 0 Å². The fourth-order valence-electron chi connectivity index (χ4n) is 2.36. The predicted molar refractivity (Wildman–Crippen MR) is 104 cm³/mol. The highest BCUT2D eigenvalue weighted by Crippen LogP contribution is 2.20. The first-order valence-corrected chi connectivity index (χ1v) is 8.75. The van der Waals surface area contributed by atoms with Crippen LogP contribution in [0.5, 0.6) is 0 Å². The van der Waals surface area contributed by atoms with Crippen molar-refractivity contribution in [3.05, 3.63) is 36.2 Å². The lowest BCUT2D eigenvalue weighted by Crippen LogP contribution is -2.42. The molecule has 1 aromatic heterocycles. The summed E-state index contributed by atoms with van der Waals surface area (Å²) in [5.74, 6) is -0.853. The number of esters is 1. The van der Waals surface area contributed by atoms with Gasteiger partial charge in [-0.1, -0.05) is 0 Å². The van der Waals surface area contributed by atoms with Crippen LogP contribution in [-0.4, -0.2) is 42.0 Å². The number of rotatable bonds is 9. The summed E-state index contributed by atoms with van der Waals surface area (Å²) in [4.78, 5) is 32.6. The number of nitrogens with zero attached hydrogens (tertiary/aromatic N) is 2. The molecule has 2 rings (SSSR count). The Labute approximate surface area is 162 Å². The van der Waals surface area contributed by atoms with E-state index in [1.165, 1.54) is 6.26 Å². The van der Waals surface area contributed by atoms with E-state index in [9.17, 15) is 9.59 Å². The lowest BCUT2D eigenvalue weighted by molar-refractivity contribution is -0.145. The fourth-order valence-corrected chi connectivity index (χ4v) is 2.36. The molecule has 28 heavy (non-hydrogen) atoms. The van der Waals surface area contributed by atoms with E-state index in [2.05, 4.69) is 15.3 Å². The first-order valence-electron chi connectivity index (χ1n) is 8.75. The van der Waals surface area contributed by atoms with E-state index in [-0.39, 0.29) is 24.2 Å². The van der Waals surface area contributed by atoms with Crippen molar-refractivity contribution >= 4 is 23.5 Å². The van der Waals surface area contributed by atoms with Gasteiger partial charge in [0.15, 0.2) is 11.7 Å². The van der Waals surface area contributed by atoms with Gasteiger partial charge >= 0.3 is 5.97 Å². The van der Waals surface area contributed by atoms with Crippen LogP contribution in [-0.2, 0) is 9.53 Å². The number of aromatic nitrogens is 1. The number of benzene rings is 1. The number of guanidine groups is 1. The molecule has 0 saturated carbocycles. The average molecular weight is 388 g/mol. The Morgan fingerprint density at radius 2 is 2.00 bits per heavy atom. The number of nitrogens with one attached hydrogen (secondary N) is 1. The molecule has 0 saturated heterocycles. The summed E-state index contributed by atoms with van der Waals surface area (Å²) in [5, 5.41) is 2.61. The molecule has 10 nitrogen and oxygen atoms in total. The molecule has 1 heterocycles. The maximum atomic E-state index is 12.5. The maximum Gasteiger partial charge on any atom is 0.328 e. The van der Waals surface area contributed by atoms with E-state index in [0.717, 1.165) is 0 Å². The van der Waals surface area contributed by atoms with Crippen LogP contribution >= 0.6 is 0 Å². The summed E-state index contributed by atoms with van der Waals surface area (Å²) in [6.07, 6.45) is 2.02. The molecule has 0 aliphatic heterocycles. The van der Waals surface area contributed by atoms with Gasteiger partial charge in [0.25, 0.3) is 5.91 Å². The van der Waals surface area contributed by atoms with Crippen LogP contribution in [0.15, 0.2) is 39.9 Å².